The van der Waals surface area contributed by atoms with Crippen LogP contribution in [-0.4, -0.2) is 25.1 Å². The average molecular weight is 312 g/mol. The van der Waals surface area contributed by atoms with Crippen molar-refractivity contribution in [2.45, 2.75) is 13.0 Å². The van der Waals surface area contributed by atoms with E-state index in [4.69, 9.17) is 9.47 Å². The topological polar surface area (TPSA) is 60.5 Å². The van der Waals surface area contributed by atoms with Gasteiger partial charge in [-0.2, -0.15) is 0 Å². The number of hydrogen-bond donors (Lipinski definition) is 1. The summed E-state index contributed by atoms with van der Waals surface area (Å²) in [5.41, 5.74) is 2.88. The second-order valence-corrected chi connectivity index (χ2v) is 4.96. The molecule has 2 rings (SSSR count). The molecule has 0 unspecified atom stereocenters. The van der Waals surface area contributed by atoms with Crippen LogP contribution in [0.15, 0.2) is 49.2 Å². The number of amides is 1. The Bertz CT molecular complexity index is 696. The Morgan fingerprint density at radius 1 is 1.22 bits per heavy atom. The van der Waals surface area contributed by atoms with Crippen LogP contribution in [0.2, 0.25) is 0 Å². The standard InChI is InChI=1S/C18H20N2O3/c1-5-16(21)20-12(2)13-6-8-14(9-7-13)15-10-11-19-18(23-4)17(15)22-3/h5-12H,1H2,2-4H3,(H,20,21)/t12-/m1/s1. The van der Waals surface area contributed by atoms with Crippen LogP contribution < -0.4 is 14.8 Å². The van der Waals surface area contributed by atoms with E-state index in [2.05, 4.69) is 16.9 Å². The lowest BCUT2D eigenvalue weighted by Crippen LogP contribution is -2.24. The normalized spacial score (nSPS) is 11.4. The van der Waals surface area contributed by atoms with Crippen molar-refractivity contribution in [2.75, 3.05) is 14.2 Å². The minimum atomic E-state index is -0.192. The van der Waals surface area contributed by atoms with Gasteiger partial charge in [0.2, 0.25) is 5.91 Å². The lowest BCUT2D eigenvalue weighted by molar-refractivity contribution is -0.117. The summed E-state index contributed by atoms with van der Waals surface area (Å²) in [5.74, 6) is 0.846. The molecule has 1 aromatic heterocycles. The van der Waals surface area contributed by atoms with Gasteiger partial charge in [0, 0.05) is 11.8 Å². The number of hydrogen-bond acceptors (Lipinski definition) is 4. The van der Waals surface area contributed by atoms with Crippen LogP contribution in [0.5, 0.6) is 11.6 Å². The second-order valence-electron chi connectivity index (χ2n) is 4.96. The second kappa shape index (κ2) is 7.45. The fourth-order valence-corrected chi connectivity index (χ4v) is 2.31. The summed E-state index contributed by atoms with van der Waals surface area (Å²) in [6.07, 6.45) is 2.94. The van der Waals surface area contributed by atoms with E-state index < -0.39 is 0 Å². The van der Waals surface area contributed by atoms with E-state index in [1.807, 2.05) is 37.3 Å². The van der Waals surface area contributed by atoms with E-state index >= 15 is 0 Å². The Hall–Kier alpha value is -2.82. The summed E-state index contributed by atoms with van der Waals surface area (Å²) in [7, 11) is 3.14. The highest BCUT2D eigenvalue weighted by atomic mass is 16.5. The van der Waals surface area contributed by atoms with Crippen LogP contribution >= 0.6 is 0 Å². The van der Waals surface area contributed by atoms with Gasteiger partial charge in [-0.3, -0.25) is 4.79 Å². The fourth-order valence-electron chi connectivity index (χ4n) is 2.31. The maximum atomic E-state index is 11.4. The molecular weight excluding hydrogens is 292 g/mol. The number of pyridine rings is 1. The molecular formula is C18H20N2O3. The molecule has 1 N–H and O–H groups in total. The number of rotatable bonds is 6. The zero-order valence-electron chi connectivity index (χ0n) is 13.5. The first kappa shape index (κ1) is 16.5. The Balaban J connectivity index is 2.30. The van der Waals surface area contributed by atoms with E-state index in [9.17, 15) is 4.79 Å². The molecule has 0 aliphatic heterocycles. The highest BCUT2D eigenvalue weighted by Gasteiger charge is 2.13. The van der Waals surface area contributed by atoms with Crippen molar-refractivity contribution in [3.05, 3.63) is 54.7 Å². The van der Waals surface area contributed by atoms with Crippen LogP contribution in [0.4, 0.5) is 0 Å². The molecule has 1 heterocycles. The molecule has 0 saturated carbocycles. The summed E-state index contributed by atoms with van der Waals surface area (Å²) in [6, 6.07) is 9.67. The van der Waals surface area contributed by atoms with Crippen molar-refractivity contribution in [1.82, 2.24) is 10.3 Å². The summed E-state index contributed by atoms with van der Waals surface area (Å²) >= 11 is 0. The monoisotopic (exact) mass is 312 g/mol. The summed E-state index contributed by atoms with van der Waals surface area (Å²) in [6.45, 7) is 5.38. The van der Waals surface area contributed by atoms with Crippen molar-refractivity contribution in [2.24, 2.45) is 0 Å². The van der Waals surface area contributed by atoms with Gasteiger partial charge in [-0.15, -0.1) is 0 Å². The molecule has 23 heavy (non-hydrogen) atoms. The van der Waals surface area contributed by atoms with Gasteiger partial charge in [0.05, 0.1) is 20.3 Å². The molecule has 5 nitrogen and oxygen atoms in total. The predicted molar refractivity (Wildman–Crippen MR) is 89.5 cm³/mol. The number of methoxy groups -OCH3 is 2. The SMILES string of the molecule is C=CC(=O)N[C@H](C)c1ccc(-c2ccnc(OC)c2OC)cc1. The molecule has 1 amide bonds. The number of nitrogens with zero attached hydrogens (tertiary/aromatic N) is 1. The van der Waals surface area contributed by atoms with Crippen molar-refractivity contribution >= 4 is 5.91 Å². The predicted octanol–water partition coefficient (Wildman–Crippen LogP) is 3.13. The molecule has 0 aliphatic rings. The van der Waals surface area contributed by atoms with E-state index in [1.54, 1.807) is 20.4 Å². The maximum Gasteiger partial charge on any atom is 0.257 e. The van der Waals surface area contributed by atoms with Crippen LogP contribution in [0, 0.1) is 0 Å². The van der Waals surface area contributed by atoms with Gasteiger partial charge in [-0.05, 0) is 30.2 Å². The van der Waals surface area contributed by atoms with Gasteiger partial charge in [-0.25, -0.2) is 4.98 Å². The Morgan fingerprint density at radius 3 is 2.48 bits per heavy atom. The molecule has 0 aliphatic carbocycles. The molecule has 0 radical (unpaired) electrons. The maximum absolute atomic E-state index is 11.4. The minimum Gasteiger partial charge on any atom is -0.491 e. The number of nitrogens with one attached hydrogen (secondary N) is 1. The van der Waals surface area contributed by atoms with E-state index in [0.717, 1.165) is 16.7 Å². The first-order valence-corrected chi connectivity index (χ1v) is 7.21. The van der Waals surface area contributed by atoms with E-state index in [0.29, 0.717) is 11.6 Å². The number of aromatic nitrogens is 1. The third-order valence-electron chi connectivity index (χ3n) is 3.54. The molecule has 120 valence electrons. The first-order chi connectivity index (χ1) is 11.1. The highest BCUT2D eigenvalue weighted by Crippen LogP contribution is 2.36. The number of ether oxygens (including phenoxy) is 2. The Labute approximate surface area is 136 Å². The van der Waals surface area contributed by atoms with Crippen molar-refractivity contribution in [3.63, 3.8) is 0 Å². The summed E-state index contributed by atoms with van der Waals surface area (Å²) in [5, 5.41) is 2.83. The third kappa shape index (κ3) is 3.69. The van der Waals surface area contributed by atoms with Gasteiger partial charge in [-0.1, -0.05) is 30.8 Å². The third-order valence-corrected chi connectivity index (χ3v) is 3.54. The van der Waals surface area contributed by atoms with Gasteiger partial charge in [0.15, 0.2) is 5.75 Å². The van der Waals surface area contributed by atoms with Crippen LogP contribution in [0.1, 0.15) is 18.5 Å². The van der Waals surface area contributed by atoms with Gasteiger partial charge >= 0.3 is 0 Å². The average Bonchev–Trinajstić information content (AvgIpc) is 2.60. The van der Waals surface area contributed by atoms with Crippen LogP contribution in [-0.2, 0) is 4.79 Å². The van der Waals surface area contributed by atoms with Crippen molar-refractivity contribution in [3.8, 4) is 22.8 Å². The van der Waals surface area contributed by atoms with E-state index in [1.165, 1.54) is 6.08 Å². The van der Waals surface area contributed by atoms with Gasteiger partial charge in [0.25, 0.3) is 5.88 Å². The summed E-state index contributed by atoms with van der Waals surface area (Å²) in [4.78, 5) is 15.5. The molecule has 5 heteroatoms. The largest absolute Gasteiger partial charge is 0.491 e. The molecule has 0 fully saturated rings. The number of benzene rings is 1. The molecule has 1 aromatic carbocycles. The van der Waals surface area contributed by atoms with E-state index in [-0.39, 0.29) is 11.9 Å². The zero-order valence-corrected chi connectivity index (χ0v) is 13.5. The van der Waals surface area contributed by atoms with Gasteiger partial charge in [0.1, 0.15) is 0 Å². The Morgan fingerprint density at radius 2 is 1.91 bits per heavy atom. The zero-order chi connectivity index (χ0) is 16.8. The lowest BCUT2D eigenvalue weighted by Gasteiger charge is -2.15. The van der Waals surface area contributed by atoms with Crippen LogP contribution in [0.25, 0.3) is 11.1 Å². The molecule has 2 aromatic rings. The smallest absolute Gasteiger partial charge is 0.257 e. The van der Waals surface area contributed by atoms with Crippen molar-refractivity contribution in [1.29, 1.82) is 0 Å². The molecule has 0 bridgehead atoms. The molecule has 1 atom stereocenters. The molecule has 0 saturated heterocycles. The minimum absolute atomic E-state index is 0.0941. The lowest BCUT2D eigenvalue weighted by atomic mass is 10.0. The van der Waals surface area contributed by atoms with Gasteiger partial charge < -0.3 is 14.8 Å². The Kier molecular flexibility index (Phi) is 5.36. The number of carbonyl (C=O) groups is 1. The number of carbonyl (C=O) groups excluding carboxylic acids is 1. The van der Waals surface area contributed by atoms with Crippen molar-refractivity contribution < 1.29 is 14.3 Å². The molecule has 0 spiro atoms. The van der Waals surface area contributed by atoms with Crippen LogP contribution in [0.3, 0.4) is 0 Å². The highest BCUT2D eigenvalue weighted by molar-refractivity contribution is 5.87. The fraction of sp³-hybridized carbons (Fsp3) is 0.222. The first-order valence-electron chi connectivity index (χ1n) is 7.21. The quantitative estimate of drug-likeness (QED) is 0.833. The summed E-state index contributed by atoms with van der Waals surface area (Å²) < 4.78 is 10.6.